The van der Waals surface area contributed by atoms with Crippen molar-refractivity contribution >= 4 is 28.7 Å². The molecule has 0 aliphatic carbocycles. The van der Waals surface area contributed by atoms with Crippen LogP contribution in [0.15, 0.2) is 59.2 Å². The van der Waals surface area contributed by atoms with Crippen molar-refractivity contribution in [2.45, 2.75) is 6.92 Å². The van der Waals surface area contributed by atoms with Gasteiger partial charge in [-0.3, -0.25) is 14.7 Å². The number of methoxy groups -OCH3 is 1. The van der Waals surface area contributed by atoms with Crippen LogP contribution in [0.3, 0.4) is 0 Å². The van der Waals surface area contributed by atoms with Gasteiger partial charge in [0.1, 0.15) is 11.8 Å². The second-order valence-electron chi connectivity index (χ2n) is 7.83. The van der Waals surface area contributed by atoms with E-state index < -0.39 is 5.91 Å². The Labute approximate surface area is 199 Å². The van der Waals surface area contributed by atoms with E-state index in [4.69, 9.17) is 15.6 Å². The van der Waals surface area contributed by atoms with Crippen LogP contribution in [0, 0.1) is 11.3 Å². The van der Waals surface area contributed by atoms with Crippen LogP contribution in [0.4, 0.5) is 17.1 Å². The average molecular weight is 463 g/mol. The van der Waals surface area contributed by atoms with Crippen molar-refractivity contribution in [1.82, 2.24) is 4.90 Å². The first-order chi connectivity index (χ1) is 16.5. The standard InChI is InChI=1S/C25H30N6O3/c1-18(28-20-3-6-22(34-2)7-4-20)23(17-27)25(33)29-21-5-8-24(19(15-21)16-26)31-11-9-30(10-12-31)13-14-32/h3-8,15,17,32H,9-14,27H2,1-2H3,(H,29,33). The van der Waals surface area contributed by atoms with Gasteiger partial charge in [-0.1, -0.05) is 0 Å². The van der Waals surface area contributed by atoms with Crippen molar-refractivity contribution in [3.8, 4) is 11.8 Å². The maximum absolute atomic E-state index is 12.9. The lowest BCUT2D eigenvalue weighted by Crippen LogP contribution is -2.47. The molecule has 178 valence electrons. The number of aliphatic hydroxyl groups is 1. The van der Waals surface area contributed by atoms with E-state index in [1.54, 1.807) is 50.4 Å². The van der Waals surface area contributed by atoms with Gasteiger partial charge in [-0.05, 0) is 49.4 Å². The first kappa shape index (κ1) is 24.8. The van der Waals surface area contributed by atoms with E-state index in [1.807, 2.05) is 6.07 Å². The maximum atomic E-state index is 12.9. The molecule has 9 heteroatoms. The van der Waals surface area contributed by atoms with Gasteiger partial charge >= 0.3 is 0 Å². The number of carbonyl (C=O) groups is 1. The number of anilines is 2. The summed E-state index contributed by atoms with van der Waals surface area (Å²) >= 11 is 0. The zero-order chi connectivity index (χ0) is 24.5. The molecule has 1 heterocycles. The number of ether oxygens (including phenoxy) is 1. The number of hydrogen-bond acceptors (Lipinski definition) is 8. The van der Waals surface area contributed by atoms with Gasteiger partial charge in [-0.25, -0.2) is 0 Å². The van der Waals surface area contributed by atoms with Crippen LogP contribution >= 0.6 is 0 Å². The molecule has 0 aromatic heterocycles. The minimum absolute atomic E-state index is 0.140. The van der Waals surface area contributed by atoms with Crippen molar-refractivity contribution in [3.63, 3.8) is 0 Å². The molecule has 2 aromatic carbocycles. The SMILES string of the molecule is COc1ccc(N=C(C)C(=CN)C(=O)Nc2ccc(N3CCN(CCO)CC3)c(C#N)c2)cc1. The third-order valence-electron chi connectivity index (χ3n) is 5.67. The molecule has 4 N–H and O–H groups in total. The van der Waals surface area contributed by atoms with Crippen molar-refractivity contribution in [2.75, 3.05) is 56.7 Å². The maximum Gasteiger partial charge on any atom is 0.258 e. The fourth-order valence-corrected chi connectivity index (χ4v) is 3.80. The molecule has 1 aliphatic heterocycles. The largest absolute Gasteiger partial charge is 0.497 e. The van der Waals surface area contributed by atoms with E-state index in [1.165, 1.54) is 6.20 Å². The Morgan fingerprint density at radius 2 is 1.94 bits per heavy atom. The number of hydrogen-bond donors (Lipinski definition) is 3. The zero-order valence-corrected chi connectivity index (χ0v) is 19.5. The summed E-state index contributed by atoms with van der Waals surface area (Å²) in [7, 11) is 1.59. The Hall–Kier alpha value is -3.87. The summed E-state index contributed by atoms with van der Waals surface area (Å²) in [5, 5.41) is 21.6. The molecule has 0 radical (unpaired) electrons. The van der Waals surface area contributed by atoms with Crippen LogP contribution < -0.4 is 20.7 Å². The fourth-order valence-electron chi connectivity index (χ4n) is 3.80. The van der Waals surface area contributed by atoms with E-state index in [0.29, 0.717) is 34.9 Å². The smallest absolute Gasteiger partial charge is 0.258 e. The molecule has 34 heavy (non-hydrogen) atoms. The molecule has 0 atom stereocenters. The summed E-state index contributed by atoms with van der Waals surface area (Å²) in [5.41, 5.74) is 8.91. The zero-order valence-electron chi connectivity index (χ0n) is 19.5. The molecule has 0 unspecified atom stereocenters. The van der Waals surface area contributed by atoms with E-state index in [-0.39, 0.29) is 12.2 Å². The lowest BCUT2D eigenvalue weighted by atomic mass is 10.1. The summed E-state index contributed by atoms with van der Waals surface area (Å²) in [4.78, 5) is 21.7. The van der Waals surface area contributed by atoms with Gasteiger partial charge in [0.05, 0.1) is 41.9 Å². The predicted octanol–water partition coefficient (Wildman–Crippen LogP) is 2.25. The summed E-state index contributed by atoms with van der Waals surface area (Å²) < 4.78 is 5.15. The second kappa shape index (κ2) is 11.8. The quantitative estimate of drug-likeness (QED) is 0.406. The molecular weight excluding hydrogens is 432 g/mol. The van der Waals surface area contributed by atoms with Crippen LogP contribution in [0.5, 0.6) is 5.75 Å². The highest BCUT2D eigenvalue weighted by Crippen LogP contribution is 2.25. The minimum atomic E-state index is -0.411. The third kappa shape index (κ3) is 6.13. The van der Waals surface area contributed by atoms with Crippen molar-refractivity contribution in [1.29, 1.82) is 5.26 Å². The highest BCUT2D eigenvalue weighted by molar-refractivity contribution is 6.25. The monoisotopic (exact) mass is 462 g/mol. The van der Waals surface area contributed by atoms with E-state index >= 15 is 0 Å². The predicted molar refractivity (Wildman–Crippen MR) is 134 cm³/mol. The Kier molecular flexibility index (Phi) is 8.62. The first-order valence-electron chi connectivity index (χ1n) is 11.0. The minimum Gasteiger partial charge on any atom is -0.497 e. The number of aliphatic hydroxyl groups excluding tert-OH is 1. The average Bonchev–Trinajstić information content (AvgIpc) is 2.85. The Morgan fingerprint density at radius 3 is 2.53 bits per heavy atom. The number of benzene rings is 2. The summed E-state index contributed by atoms with van der Waals surface area (Å²) in [6.45, 7) is 5.68. The number of nitrogens with two attached hydrogens (primary N) is 1. The molecule has 0 spiro atoms. The molecule has 1 amide bonds. The van der Waals surface area contributed by atoms with Gasteiger partial charge in [0.2, 0.25) is 0 Å². The highest BCUT2D eigenvalue weighted by atomic mass is 16.5. The van der Waals surface area contributed by atoms with Crippen LogP contribution in [0.1, 0.15) is 12.5 Å². The van der Waals surface area contributed by atoms with Gasteiger partial charge in [0.15, 0.2) is 0 Å². The second-order valence-corrected chi connectivity index (χ2v) is 7.83. The number of nitriles is 1. The molecule has 3 rings (SSSR count). The topological polar surface area (TPSA) is 127 Å². The first-order valence-corrected chi connectivity index (χ1v) is 11.0. The number of amides is 1. The molecule has 0 saturated carbocycles. The van der Waals surface area contributed by atoms with Crippen LogP contribution in [-0.4, -0.2) is 68.1 Å². The Bertz CT molecular complexity index is 1100. The van der Waals surface area contributed by atoms with Crippen LogP contribution in [0.25, 0.3) is 0 Å². The number of piperazine rings is 1. The van der Waals surface area contributed by atoms with Crippen LogP contribution in [0.2, 0.25) is 0 Å². The molecule has 1 fully saturated rings. The lowest BCUT2D eigenvalue weighted by Gasteiger charge is -2.36. The third-order valence-corrected chi connectivity index (χ3v) is 5.67. The summed E-state index contributed by atoms with van der Waals surface area (Å²) in [6, 6.07) is 14.7. The number of β-amino-alcohol motifs (C(OH)–C–C–N with tert-alkyl or cyclic N) is 1. The van der Waals surface area contributed by atoms with Crippen molar-refractivity contribution < 1.29 is 14.6 Å². The molecule has 1 saturated heterocycles. The molecule has 1 aliphatic rings. The van der Waals surface area contributed by atoms with E-state index in [2.05, 4.69) is 26.2 Å². The van der Waals surface area contributed by atoms with E-state index in [0.717, 1.165) is 31.9 Å². The van der Waals surface area contributed by atoms with Gasteiger partial charge in [0, 0.05) is 44.6 Å². The summed E-state index contributed by atoms with van der Waals surface area (Å²) in [5.74, 6) is 0.305. The van der Waals surface area contributed by atoms with Crippen molar-refractivity contribution in [3.05, 3.63) is 59.8 Å². The van der Waals surface area contributed by atoms with Gasteiger partial charge < -0.3 is 25.8 Å². The number of rotatable bonds is 8. The summed E-state index contributed by atoms with van der Waals surface area (Å²) in [6.07, 6.45) is 1.23. The van der Waals surface area contributed by atoms with E-state index in [9.17, 15) is 10.1 Å². The number of nitrogens with zero attached hydrogens (tertiary/aromatic N) is 4. The van der Waals surface area contributed by atoms with Gasteiger partial charge in [0.25, 0.3) is 5.91 Å². The Morgan fingerprint density at radius 1 is 1.24 bits per heavy atom. The highest BCUT2D eigenvalue weighted by Gasteiger charge is 2.20. The Balaban J connectivity index is 1.70. The number of carbonyl (C=O) groups excluding carboxylic acids is 1. The lowest BCUT2D eigenvalue weighted by molar-refractivity contribution is -0.112. The number of aliphatic imine (C=N–C) groups is 1. The number of nitrogens with one attached hydrogen (secondary N) is 1. The molecule has 2 aromatic rings. The van der Waals surface area contributed by atoms with Gasteiger partial charge in [-0.2, -0.15) is 5.26 Å². The van der Waals surface area contributed by atoms with Crippen LogP contribution in [-0.2, 0) is 4.79 Å². The molecular formula is C25H30N6O3. The molecule has 9 nitrogen and oxygen atoms in total. The van der Waals surface area contributed by atoms with Crippen molar-refractivity contribution in [2.24, 2.45) is 10.7 Å². The fraction of sp³-hybridized carbons (Fsp3) is 0.320. The van der Waals surface area contributed by atoms with Gasteiger partial charge in [-0.15, -0.1) is 0 Å². The normalized spacial score (nSPS) is 15.1. The molecule has 0 bridgehead atoms.